The van der Waals surface area contributed by atoms with E-state index >= 15 is 0 Å². The van der Waals surface area contributed by atoms with Crippen molar-refractivity contribution in [3.8, 4) is 0 Å². The van der Waals surface area contributed by atoms with Crippen molar-refractivity contribution in [2.75, 3.05) is 31.1 Å². The van der Waals surface area contributed by atoms with Crippen LogP contribution in [0.2, 0.25) is 0 Å². The lowest BCUT2D eigenvalue weighted by molar-refractivity contribution is -0.133. The first-order valence-corrected chi connectivity index (χ1v) is 8.75. The summed E-state index contributed by atoms with van der Waals surface area (Å²) in [6.07, 6.45) is 8.67. The second-order valence-corrected chi connectivity index (χ2v) is 6.61. The van der Waals surface area contributed by atoms with Gasteiger partial charge in [-0.2, -0.15) is 0 Å². The van der Waals surface area contributed by atoms with Gasteiger partial charge in [0.25, 0.3) is 0 Å². The number of rotatable bonds is 6. The van der Waals surface area contributed by atoms with Gasteiger partial charge >= 0.3 is 0 Å². The fourth-order valence-corrected chi connectivity index (χ4v) is 3.64. The fourth-order valence-electron chi connectivity index (χ4n) is 3.64. The molecule has 0 aromatic carbocycles. The molecule has 2 amide bonds. The Morgan fingerprint density at radius 1 is 1.38 bits per heavy atom. The molecular formula is C17H25N5O2. The SMILES string of the molecule is CCC[C@H]1CN(c2cnccn2)C[C@@H]1NC(=O)CN1CCCC1=O. The summed E-state index contributed by atoms with van der Waals surface area (Å²) in [6, 6.07) is 0.0946. The zero-order chi connectivity index (χ0) is 16.9. The lowest BCUT2D eigenvalue weighted by Crippen LogP contribution is -2.45. The quantitative estimate of drug-likeness (QED) is 0.835. The number of hydrogen-bond acceptors (Lipinski definition) is 5. The molecule has 1 N–H and O–H groups in total. The first-order chi connectivity index (χ1) is 11.7. The number of nitrogens with one attached hydrogen (secondary N) is 1. The largest absolute Gasteiger partial charge is 0.353 e. The Kier molecular flexibility index (Phi) is 5.27. The number of carbonyl (C=O) groups excluding carboxylic acids is 2. The third kappa shape index (κ3) is 3.83. The summed E-state index contributed by atoms with van der Waals surface area (Å²) in [4.78, 5) is 36.3. The molecule has 24 heavy (non-hydrogen) atoms. The molecule has 1 aromatic rings. The van der Waals surface area contributed by atoms with Gasteiger partial charge in [-0.1, -0.05) is 13.3 Å². The standard InChI is InChI=1S/C17H25N5O2/c1-2-4-13-10-22(15-9-18-6-7-19-15)11-14(13)20-16(23)12-21-8-3-5-17(21)24/h6-7,9,13-14H,2-5,8,10-12H2,1H3,(H,20,23)/t13-,14-/m0/s1. The zero-order valence-electron chi connectivity index (χ0n) is 14.1. The number of carbonyl (C=O) groups is 2. The van der Waals surface area contributed by atoms with Crippen molar-refractivity contribution >= 4 is 17.6 Å². The zero-order valence-corrected chi connectivity index (χ0v) is 14.1. The highest BCUT2D eigenvalue weighted by Gasteiger charge is 2.34. The van der Waals surface area contributed by atoms with E-state index in [0.717, 1.165) is 38.2 Å². The minimum atomic E-state index is -0.0580. The molecule has 0 spiro atoms. The summed E-state index contributed by atoms with van der Waals surface area (Å²) in [5, 5.41) is 3.14. The van der Waals surface area contributed by atoms with Gasteiger partial charge in [-0.25, -0.2) is 4.98 Å². The van der Waals surface area contributed by atoms with Crippen LogP contribution >= 0.6 is 0 Å². The number of likely N-dealkylation sites (tertiary alicyclic amines) is 1. The Morgan fingerprint density at radius 3 is 2.92 bits per heavy atom. The summed E-state index contributed by atoms with van der Waals surface area (Å²) in [5.41, 5.74) is 0. The van der Waals surface area contributed by atoms with Crippen molar-refractivity contribution in [1.82, 2.24) is 20.2 Å². The minimum Gasteiger partial charge on any atom is -0.353 e. The lowest BCUT2D eigenvalue weighted by atomic mass is 9.98. The molecule has 2 atom stereocenters. The fraction of sp³-hybridized carbons (Fsp3) is 0.647. The van der Waals surface area contributed by atoms with Gasteiger partial charge < -0.3 is 15.1 Å². The molecule has 3 rings (SSSR count). The Hall–Kier alpha value is -2.18. The van der Waals surface area contributed by atoms with E-state index in [4.69, 9.17) is 0 Å². The number of aromatic nitrogens is 2. The van der Waals surface area contributed by atoms with E-state index < -0.39 is 0 Å². The van der Waals surface area contributed by atoms with Gasteiger partial charge in [-0.05, 0) is 18.8 Å². The summed E-state index contributed by atoms with van der Waals surface area (Å²) in [7, 11) is 0. The van der Waals surface area contributed by atoms with E-state index in [0.29, 0.717) is 18.9 Å². The molecule has 3 heterocycles. The van der Waals surface area contributed by atoms with Gasteiger partial charge in [0, 0.05) is 38.4 Å². The Labute approximate surface area is 142 Å². The van der Waals surface area contributed by atoms with E-state index in [1.807, 2.05) is 0 Å². The van der Waals surface area contributed by atoms with E-state index in [2.05, 4.69) is 27.1 Å². The van der Waals surface area contributed by atoms with Crippen LogP contribution in [0.1, 0.15) is 32.6 Å². The van der Waals surface area contributed by atoms with Crippen molar-refractivity contribution in [2.45, 2.75) is 38.6 Å². The molecule has 7 nitrogen and oxygen atoms in total. The summed E-state index contributed by atoms with van der Waals surface area (Å²) in [5.74, 6) is 1.28. The third-order valence-corrected chi connectivity index (χ3v) is 4.83. The maximum Gasteiger partial charge on any atom is 0.239 e. The van der Waals surface area contributed by atoms with Gasteiger partial charge in [0.05, 0.1) is 18.8 Å². The van der Waals surface area contributed by atoms with Crippen molar-refractivity contribution in [1.29, 1.82) is 0 Å². The molecule has 2 saturated heterocycles. The average molecular weight is 331 g/mol. The van der Waals surface area contributed by atoms with Crippen molar-refractivity contribution in [3.63, 3.8) is 0 Å². The Bertz CT molecular complexity index is 580. The number of anilines is 1. The monoisotopic (exact) mass is 331 g/mol. The highest BCUT2D eigenvalue weighted by atomic mass is 16.2. The molecule has 130 valence electrons. The topological polar surface area (TPSA) is 78.4 Å². The number of hydrogen-bond donors (Lipinski definition) is 1. The molecule has 7 heteroatoms. The highest BCUT2D eigenvalue weighted by molar-refractivity contribution is 5.86. The van der Waals surface area contributed by atoms with Crippen LogP contribution in [0.4, 0.5) is 5.82 Å². The molecule has 0 saturated carbocycles. The normalized spacial score (nSPS) is 23.8. The Morgan fingerprint density at radius 2 is 2.25 bits per heavy atom. The molecule has 2 aliphatic rings. The average Bonchev–Trinajstić information content (AvgIpc) is 3.16. The minimum absolute atomic E-state index is 0.0580. The third-order valence-electron chi connectivity index (χ3n) is 4.83. The smallest absolute Gasteiger partial charge is 0.239 e. The Balaban J connectivity index is 1.60. The molecule has 1 aromatic heterocycles. The van der Waals surface area contributed by atoms with Crippen LogP contribution in [-0.4, -0.2) is 58.9 Å². The van der Waals surface area contributed by atoms with Crippen LogP contribution in [0.15, 0.2) is 18.6 Å². The molecule has 0 aliphatic carbocycles. The maximum atomic E-state index is 12.3. The lowest BCUT2D eigenvalue weighted by Gasteiger charge is -2.21. The van der Waals surface area contributed by atoms with Gasteiger partial charge in [0.15, 0.2) is 0 Å². The maximum absolute atomic E-state index is 12.3. The molecular weight excluding hydrogens is 306 g/mol. The number of amides is 2. The van der Waals surface area contributed by atoms with E-state index in [1.165, 1.54) is 0 Å². The van der Waals surface area contributed by atoms with Crippen LogP contribution < -0.4 is 10.2 Å². The van der Waals surface area contributed by atoms with Gasteiger partial charge in [-0.15, -0.1) is 0 Å². The van der Waals surface area contributed by atoms with Crippen LogP contribution in [0.5, 0.6) is 0 Å². The predicted octanol–water partition coefficient (Wildman–Crippen LogP) is 0.820. The van der Waals surface area contributed by atoms with E-state index in [9.17, 15) is 9.59 Å². The van der Waals surface area contributed by atoms with Gasteiger partial charge in [0.2, 0.25) is 11.8 Å². The first-order valence-electron chi connectivity index (χ1n) is 8.75. The van der Waals surface area contributed by atoms with Crippen LogP contribution in [0.25, 0.3) is 0 Å². The number of nitrogens with zero attached hydrogens (tertiary/aromatic N) is 4. The van der Waals surface area contributed by atoms with Crippen molar-refractivity contribution < 1.29 is 9.59 Å². The second-order valence-electron chi connectivity index (χ2n) is 6.61. The molecule has 2 aliphatic heterocycles. The van der Waals surface area contributed by atoms with Crippen molar-refractivity contribution in [2.24, 2.45) is 5.92 Å². The molecule has 0 radical (unpaired) electrons. The molecule has 0 bridgehead atoms. The summed E-state index contributed by atoms with van der Waals surface area (Å²) < 4.78 is 0. The summed E-state index contributed by atoms with van der Waals surface area (Å²) >= 11 is 0. The highest BCUT2D eigenvalue weighted by Crippen LogP contribution is 2.25. The molecule has 0 unspecified atom stereocenters. The van der Waals surface area contributed by atoms with Crippen LogP contribution in [0, 0.1) is 5.92 Å². The van der Waals surface area contributed by atoms with Crippen LogP contribution in [-0.2, 0) is 9.59 Å². The second kappa shape index (κ2) is 7.59. The van der Waals surface area contributed by atoms with Crippen molar-refractivity contribution in [3.05, 3.63) is 18.6 Å². The summed E-state index contributed by atoms with van der Waals surface area (Å²) in [6.45, 7) is 4.65. The van der Waals surface area contributed by atoms with Crippen LogP contribution in [0.3, 0.4) is 0 Å². The van der Waals surface area contributed by atoms with E-state index in [1.54, 1.807) is 23.5 Å². The predicted molar refractivity (Wildman–Crippen MR) is 90.4 cm³/mol. The first kappa shape index (κ1) is 16.7. The van der Waals surface area contributed by atoms with E-state index in [-0.39, 0.29) is 24.4 Å². The van der Waals surface area contributed by atoms with Gasteiger partial charge in [-0.3, -0.25) is 14.6 Å². The van der Waals surface area contributed by atoms with Gasteiger partial charge in [0.1, 0.15) is 5.82 Å². The molecule has 2 fully saturated rings.